The molecule has 2 aliphatic carbocycles. The fourth-order valence-corrected chi connectivity index (χ4v) is 2.13. The van der Waals surface area contributed by atoms with Gasteiger partial charge < -0.3 is 5.73 Å². The van der Waals surface area contributed by atoms with Crippen LogP contribution < -0.4 is 5.73 Å². The molecule has 2 atom stereocenters. The standard InChI is InChI=1S/C8H15N.ClH/c9-8-3-1-2-7(8)6-4-5-6;/h6-8H,1-5,9H2;1H/t7-,8-;/m0./s1. The summed E-state index contributed by atoms with van der Waals surface area (Å²) in [5, 5.41) is 0. The van der Waals surface area contributed by atoms with E-state index < -0.39 is 0 Å². The first-order valence-electron chi connectivity index (χ1n) is 4.13. The van der Waals surface area contributed by atoms with E-state index in [4.69, 9.17) is 5.73 Å². The monoisotopic (exact) mass is 161 g/mol. The highest BCUT2D eigenvalue weighted by Crippen LogP contribution is 2.44. The van der Waals surface area contributed by atoms with Crippen LogP contribution in [-0.2, 0) is 0 Å². The minimum absolute atomic E-state index is 0. The molecule has 2 fully saturated rings. The predicted molar refractivity (Wildman–Crippen MR) is 45.3 cm³/mol. The smallest absolute Gasteiger partial charge is 0.00698 e. The molecule has 0 unspecified atom stereocenters. The largest absolute Gasteiger partial charge is 0.327 e. The van der Waals surface area contributed by atoms with E-state index in [1.54, 1.807) is 0 Å². The summed E-state index contributed by atoms with van der Waals surface area (Å²) in [5.74, 6) is 1.97. The Bertz CT molecular complexity index is 112. The molecule has 2 aliphatic rings. The predicted octanol–water partition coefficient (Wildman–Crippen LogP) is 1.95. The number of nitrogens with two attached hydrogens (primary N) is 1. The summed E-state index contributed by atoms with van der Waals surface area (Å²) in [7, 11) is 0. The minimum Gasteiger partial charge on any atom is -0.327 e. The molecule has 60 valence electrons. The summed E-state index contributed by atoms with van der Waals surface area (Å²) in [5.41, 5.74) is 5.92. The van der Waals surface area contributed by atoms with Crippen molar-refractivity contribution in [3.05, 3.63) is 0 Å². The Kier molecular flexibility index (Phi) is 2.59. The van der Waals surface area contributed by atoms with Gasteiger partial charge in [-0.05, 0) is 37.5 Å². The topological polar surface area (TPSA) is 26.0 Å². The van der Waals surface area contributed by atoms with Crippen molar-refractivity contribution in [3.63, 3.8) is 0 Å². The fraction of sp³-hybridized carbons (Fsp3) is 1.00. The second-order valence-electron chi connectivity index (χ2n) is 3.60. The molecule has 0 aromatic rings. The van der Waals surface area contributed by atoms with Gasteiger partial charge in [0.15, 0.2) is 0 Å². The van der Waals surface area contributed by atoms with Gasteiger partial charge in [-0.2, -0.15) is 0 Å². The van der Waals surface area contributed by atoms with E-state index in [-0.39, 0.29) is 12.4 Å². The molecule has 0 aromatic carbocycles. The van der Waals surface area contributed by atoms with Gasteiger partial charge >= 0.3 is 0 Å². The quantitative estimate of drug-likeness (QED) is 0.625. The average Bonchev–Trinajstić information content (AvgIpc) is 2.58. The second-order valence-corrected chi connectivity index (χ2v) is 3.60. The van der Waals surface area contributed by atoms with Gasteiger partial charge in [-0.25, -0.2) is 0 Å². The first kappa shape index (κ1) is 8.35. The number of halogens is 1. The van der Waals surface area contributed by atoms with Gasteiger partial charge in [0.1, 0.15) is 0 Å². The normalized spacial score (nSPS) is 39.3. The van der Waals surface area contributed by atoms with Crippen molar-refractivity contribution >= 4 is 12.4 Å². The van der Waals surface area contributed by atoms with Crippen LogP contribution in [-0.4, -0.2) is 6.04 Å². The van der Waals surface area contributed by atoms with Gasteiger partial charge in [0.05, 0.1) is 0 Å². The molecule has 2 saturated carbocycles. The third-order valence-corrected chi connectivity index (χ3v) is 2.85. The maximum atomic E-state index is 5.92. The average molecular weight is 162 g/mol. The van der Waals surface area contributed by atoms with Crippen LogP contribution in [0.3, 0.4) is 0 Å². The maximum absolute atomic E-state index is 5.92. The minimum atomic E-state index is 0. The first-order valence-corrected chi connectivity index (χ1v) is 4.13. The maximum Gasteiger partial charge on any atom is 0.00698 e. The molecule has 0 spiro atoms. The van der Waals surface area contributed by atoms with Crippen molar-refractivity contribution in [2.45, 2.75) is 38.1 Å². The molecule has 0 aliphatic heterocycles. The van der Waals surface area contributed by atoms with Crippen LogP contribution in [0.25, 0.3) is 0 Å². The van der Waals surface area contributed by atoms with Crippen LogP contribution in [0.5, 0.6) is 0 Å². The van der Waals surface area contributed by atoms with Crippen molar-refractivity contribution in [1.82, 2.24) is 0 Å². The Balaban J connectivity index is 0.000000500. The van der Waals surface area contributed by atoms with Crippen LogP contribution >= 0.6 is 12.4 Å². The van der Waals surface area contributed by atoms with Crippen molar-refractivity contribution in [1.29, 1.82) is 0 Å². The van der Waals surface area contributed by atoms with E-state index in [1.807, 2.05) is 0 Å². The first-order chi connectivity index (χ1) is 4.38. The number of rotatable bonds is 1. The Labute approximate surface area is 68.8 Å². The highest BCUT2D eigenvalue weighted by Gasteiger charge is 2.37. The molecule has 0 radical (unpaired) electrons. The van der Waals surface area contributed by atoms with Gasteiger partial charge in [-0.1, -0.05) is 6.42 Å². The van der Waals surface area contributed by atoms with Crippen LogP contribution in [0, 0.1) is 11.8 Å². The lowest BCUT2D eigenvalue weighted by atomic mass is 9.99. The number of hydrogen-bond acceptors (Lipinski definition) is 1. The second kappa shape index (κ2) is 3.10. The van der Waals surface area contributed by atoms with Gasteiger partial charge in [-0.3, -0.25) is 0 Å². The van der Waals surface area contributed by atoms with Crippen LogP contribution in [0.1, 0.15) is 32.1 Å². The van der Waals surface area contributed by atoms with Crippen molar-refractivity contribution in [2.24, 2.45) is 17.6 Å². The molecule has 1 nitrogen and oxygen atoms in total. The van der Waals surface area contributed by atoms with Gasteiger partial charge in [0, 0.05) is 6.04 Å². The zero-order valence-electron chi connectivity index (χ0n) is 6.25. The van der Waals surface area contributed by atoms with Crippen LogP contribution in [0.15, 0.2) is 0 Å². The van der Waals surface area contributed by atoms with Gasteiger partial charge in [0.2, 0.25) is 0 Å². The summed E-state index contributed by atoms with van der Waals surface area (Å²) in [6.07, 6.45) is 7.05. The van der Waals surface area contributed by atoms with E-state index in [1.165, 1.54) is 32.1 Å². The third kappa shape index (κ3) is 1.46. The summed E-state index contributed by atoms with van der Waals surface area (Å²) in [6.45, 7) is 0. The van der Waals surface area contributed by atoms with E-state index in [9.17, 15) is 0 Å². The summed E-state index contributed by atoms with van der Waals surface area (Å²) in [4.78, 5) is 0. The Hall–Kier alpha value is 0.250. The van der Waals surface area contributed by atoms with E-state index in [0.29, 0.717) is 6.04 Å². The SMILES string of the molecule is Cl.N[C@H]1CCC[C@H]1C1CC1. The molecular formula is C8H16ClN. The zero-order valence-corrected chi connectivity index (χ0v) is 7.07. The third-order valence-electron chi connectivity index (χ3n) is 2.85. The fourth-order valence-electron chi connectivity index (χ4n) is 2.13. The van der Waals surface area contributed by atoms with Gasteiger partial charge in [-0.15, -0.1) is 12.4 Å². The molecule has 0 aromatic heterocycles. The molecular weight excluding hydrogens is 146 g/mol. The zero-order chi connectivity index (χ0) is 6.27. The Morgan fingerprint density at radius 3 is 2.10 bits per heavy atom. The Morgan fingerprint density at radius 2 is 1.70 bits per heavy atom. The highest BCUT2D eigenvalue weighted by molar-refractivity contribution is 5.85. The lowest BCUT2D eigenvalue weighted by Gasteiger charge is -2.12. The van der Waals surface area contributed by atoms with Crippen molar-refractivity contribution in [2.75, 3.05) is 0 Å². The van der Waals surface area contributed by atoms with Gasteiger partial charge in [0.25, 0.3) is 0 Å². The van der Waals surface area contributed by atoms with E-state index in [2.05, 4.69) is 0 Å². The molecule has 2 rings (SSSR count). The summed E-state index contributed by atoms with van der Waals surface area (Å²) in [6, 6.07) is 0.567. The highest BCUT2D eigenvalue weighted by atomic mass is 35.5. The summed E-state index contributed by atoms with van der Waals surface area (Å²) < 4.78 is 0. The Morgan fingerprint density at radius 1 is 1.00 bits per heavy atom. The molecule has 0 bridgehead atoms. The molecule has 2 N–H and O–H groups in total. The van der Waals surface area contributed by atoms with Crippen LogP contribution in [0.4, 0.5) is 0 Å². The van der Waals surface area contributed by atoms with E-state index >= 15 is 0 Å². The van der Waals surface area contributed by atoms with Crippen molar-refractivity contribution < 1.29 is 0 Å². The molecule has 0 saturated heterocycles. The molecule has 10 heavy (non-hydrogen) atoms. The van der Waals surface area contributed by atoms with Crippen molar-refractivity contribution in [3.8, 4) is 0 Å². The molecule has 0 heterocycles. The molecule has 0 amide bonds. The lowest BCUT2D eigenvalue weighted by molar-refractivity contribution is 0.425. The van der Waals surface area contributed by atoms with E-state index in [0.717, 1.165) is 11.8 Å². The lowest BCUT2D eigenvalue weighted by Crippen LogP contribution is -2.25. The molecule has 2 heteroatoms. The summed E-state index contributed by atoms with van der Waals surface area (Å²) >= 11 is 0. The van der Waals surface area contributed by atoms with Crippen LogP contribution in [0.2, 0.25) is 0 Å². The number of hydrogen-bond donors (Lipinski definition) is 1.